The van der Waals surface area contributed by atoms with E-state index in [2.05, 4.69) is 5.32 Å². The molecule has 2 bridgehead atoms. The van der Waals surface area contributed by atoms with Crippen molar-refractivity contribution in [2.75, 3.05) is 0 Å². The molecule has 6 N–H and O–H groups in total. The van der Waals surface area contributed by atoms with Crippen molar-refractivity contribution in [1.82, 2.24) is 5.32 Å². The van der Waals surface area contributed by atoms with Crippen LogP contribution in [0.25, 0.3) is 0 Å². The average Bonchev–Trinajstić information content (AvgIpc) is 3.03. The van der Waals surface area contributed by atoms with Crippen LogP contribution in [-0.2, 0) is 14.3 Å². The molecule has 254 valence electrons. The molecule has 1 amide bonds. The van der Waals surface area contributed by atoms with Crippen molar-refractivity contribution in [3.05, 3.63) is 82.9 Å². The van der Waals surface area contributed by atoms with Gasteiger partial charge in [0.15, 0.2) is 11.9 Å². The summed E-state index contributed by atoms with van der Waals surface area (Å²) in [6.45, 7) is 9.90. The molecule has 0 heterocycles. The molecule has 2 aromatic rings. The van der Waals surface area contributed by atoms with Gasteiger partial charge < -0.3 is 35.6 Å². The minimum absolute atomic E-state index is 0.145. The molecule has 3 aliphatic rings. The molecule has 2 saturated carbocycles. The van der Waals surface area contributed by atoms with Crippen LogP contribution in [0.15, 0.2) is 71.8 Å². The number of hydrogen-bond acceptors (Lipinski definition) is 9. The molecule has 3 aliphatic carbocycles. The van der Waals surface area contributed by atoms with Crippen molar-refractivity contribution in [3.8, 4) is 0 Å². The van der Waals surface area contributed by atoms with Crippen molar-refractivity contribution in [1.29, 1.82) is 0 Å². The Morgan fingerprint density at radius 2 is 1.53 bits per heavy atom. The molecule has 2 aromatic carbocycles. The summed E-state index contributed by atoms with van der Waals surface area (Å²) in [4.78, 5) is 41.1. The van der Waals surface area contributed by atoms with Crippen LogP contribution in [0.3, 0.4) is 0 Å². The Labute approximate surface area is 275 Å². The number of rotatable bonds is 6. The number of ketones is 1. The molecule has 0 spiro atoms. The molecule has 0 radical (unpaired) electrons. The number of Topliss-reactive ketones (excluding diaryl/α,β-unsaturated/α-hetero) is 1. The minimum atomic E-state index is -1.86. The van der Waals surface area contributed by atoms with Gasteiger partial charge in [0.2, 0.25) is 0 Å². The molecule has 0 aliphatic heterocycles. The van der Waals surface area contributed by atoms with E-state index in [4.69, 9.17) is 4.74 Å². The number of aliphatic hydroxyl groups is 5. The highest BCUT2D eigenvalue weighted by molar-refractivity contribution is 5.95. The Bertz CT molecular complexity index is 1550. The number of ether oxygens (including phenoxy) is 1. The first-order valence-electron chi connectivity index (χ1n) is 16.2. The second-order valence-electron chi connectivity index (χ2n) is 14.7. The molecule has 10 heteroatoms. The average molecular weight is 650 g/mol. The first-order valence-corrected chi connectivity index (χ1v) is 16.2. The van der Waals surface area contributed by atoms with Gasteiger partial charge >= 0.3 is 5.97 Å². The Balaban J connectivity index is 1.53. The fourth-order valence-electron chi connectivity index (χ4n) is 9.01. The van der Waals surface area contributed by atoms with E-state index in [1.807, 2.05) is 0 Å². The Morgan fingerprint density at radius 3 is 2.13 bits per heavy atom. The lowest BCUT2D eigenvalue weighted by atomic mass is 9.44. The zero-order valence-electron chi connectivity index (χ0n) is 27.8. The lowest BCUT2D eigenvalue weighted by Crippen LogP contribution is -2.71. The fraction of sp³-hybridized carbons (Fsp3) is 0.541. The first-order chi connectivity index (χ1) is 21.9. The molecule has 9 unspecified atom stereocenters. The summed E-state index contributed by atoms with van der Waals surface area (Å²) in [6, 6.07) is 15.7. The fourth-order valence-corrected chi connectivity index (χ4v) is 9.01. The van der Waals surface area contributed by atoms with Crippen LogP contribution in [0.1, 0.15) is 82.8 Å². The van der Waals surface area contributed by atoms with Crippen molar-refractivity contribution in [2.24, 2.45) is 22.7 Å². The van der Waals surface area contributed by atoms with E-state index in [1.165, 1.54) is 0 Å². The number of hydrogen-bond donors (Lipinski definition) is 6. The van der Waals surface area contributed by atoms with Crippen LogP contribution >= 0.6 is 0 Å². The molecule has 47 heavy (non-hydrogen) atoms. The SMILES string of the molecule is CC1=C2C(O)C(=O)[C@]3(C)C(O)CCC(C)(O)C3C(C)C(O)(CC1OC(=O)C(O)C(NC(=O)c1ccccc1)c1ccccc1)C2(C)C. The van der Waals surface area contributed by atoms with Gasteiger partial charge in [-0.2, -0.15) is 0 Å². The van der Waals surface area contributed by atoms with Gasteiger partial charge in [-0.15, -0.1) is 0 Å². The summed E-state index contributed by atoms with van der Waals surface area (Å²) in [5.41, 5.74) is -4.70. The first kappa shape index (κ1) is 34.9. The zero-order chi connectivity index (χ0) is 34.7. The summed E-state index contributed by atoms with van der Waals surface area (Å²) >= 11 is 0. The van der Waals surface area contributed by atoms with Crippen LogP contribution in [-0.4, -0.2) is 78.8 Å². The number of esters is 1. The molecule has 5 rings (SSSR count). The van der Waals surface area contributed by atoms with Crippen LogP contribution in [0.4, 0.5) is 0 Å². The number of fused-ring (bicyclic) bond motifs is 3. The van der Waals surface area contributed by atoms with E-state index in [0.29, 0.717) is 16.7 Å². The molecule has 0 saturated heterocycles. The highest BCUT2D eigenvalue weighted by Crippen LogP contribution is 2.62. The highest BCUT2D eigenvalue weighted by Gasteiger charge is 2.69. The van der Waals surface area contributed by atoms with E-state index < -0.39 is 82.0 Å². The van der Waals surface area contributed by atoms with Crippen molar-refractivity contribution in [3.63, 3.8) is 0 Å². The van der Waals surface area contributed by atoms with Gasteiger partial charge in [-0.25, -0.2) is 4.79 Å². The summed E-state index contributed by atoms with van der Waals surface area (Å²) < 4.78 is 5.92. The quantitative estimate of drug-likeness (QED) is 0.203. The monoisotopic (exact) mass is 649 g/mol. The third-order valence-electron chi connectivity index (χ3n) is 11.7. The third-order valence-corrected chi connectivity index (χ3v) is 11.7. The van der Waals surface area contributed by atoms with Crippen LogP contribution in [0.5, 0.6) is 0 Å². The predicted molar refractivity (Wildman–Crippen MR) is 173 cm³/mol. The number of benzene rings is 2. The summed E-state index contributed by atoms with van der Waals surface area (Å²) in [7, 11) is 0. The van der Waals surface area contributed by atoms with Gasteiger partial charge in [-0.1, -0.05) is 69.3 Å². The molecule has 2 fully saturated rings. The number of carbonyl (C=O) groups is 3. The van der Waals surface area contributed by atoms with Gasteiger partial charge in [0.25, 0.3) is 5.91 Å². The zero-order valence-corrected chi connectivity index (χ0v) is 27.8. The lowest BCUT2D eigenvalue weighted by Gasteiger charge is -2.63. The maximum atomic E-state index is 14.2. The van der Waals surface area contributed by atoms with E-state index in [9.17, 15) is 39.9 Å². The van der Waals surface area contributed by atoms with Gasteiger partial charge in [-0.05, 0) is 68.4 Å². The Hall–Kier alpha value is -3.41. The van der Waals surface area contributed by atoms with Gasteiger partial charge in [0.05, 0.1) is 28.8 Å². The van der Waals surface area contributed by atoms with Gasteiger partial charge in [0, 0.05) is 23.3 Å². The van der Waals surface area contributed by atoms with Crippen LogP contribution in [0.2, 0.25) is 0 Å². The van der Waals surface area contributed by atoms with E-state index in [0.717, 1.165) is 0 Å². The largest absolute Gasteiger partial charge is 0.456 e. The lowest BCUT2D eigenvalue weighted by molar-refractivity contribution is -0.232. The second kappa shape index (κ2) is 12.2. The van der Waals surface area contributed by atoms with Gasteiger partial charge in [-0.3, -0.25) is 9.59 Å². The van der Waals surface area contributed by atoms with Crippen molar-refractivity contribution >= 4 is 17.7 Å². The maximum absolute atomic E-state index is 14.2. The summed E-state index contributed by atoms with van der Waals surface area (Å²) in [5, 5.41) is 61.5. The third kappa shape index (κ3) is 5.54. The summed E-state index contributed by atoms with van der Waals surface area (Å²) in [6.07, 6.45) is -5.80. The van der Waals surface area contributed by atoms with E-state index in [1.54, 1.807) is 102 Å². The van der Waals surface area contributed by atoms with Gasteiger partial charge in [0.1, 0.15) is 12.2 Å². The van der Waals surface area contributed by atoms with Crippen molar-refractivity contribution < 1.29 is 44.7 Å². The number of carbonyl (C=O) groups excluding carboxylic acids is 3. The minimum Gasteiger partial charge on any atom is -0.456 e. The predicted octanol–water partition coefficient (Wildman–Crippen LogP) is 3.02. The van der Waals surface area contributed by atoms with Crippen LogP contribution < -0.4 is 5.32 Å². The maximum Gasteiger partial charge on any atom is 0.338 e. The number of amides is 1. The number of aliphatic hydroxyl groups excluding tert-OH is 3. The van der Waals surface area contributed by atoms with Crippen molar-refractivity contribution in [2.45, 2.75) is 102 Å². The molecular formula is C37H47NO9. The summed E-state index contributed by atoms with van der Waals surface area (Å²) in [5.74, 6) is -4.04. The topological polar surface area (TPSA) is 174 Å². The smallest absolute Gasteiger partial charge is 0.338 e. The molecular weight excluding hydrogens is 602 g/mol. The molecule has 10 atom stereocenters. The highest BCUT2D eigenvalue weighted by atomic mass is 16.6. The number of nitrogens with one attached hydrogen (secondary N) is 1. The van der Waals surface area contributed by atoms with Crippen LogP contribution in [0, 0.1) is 22.7 Å². The van der Waals surface area contributed by atoms with E-state index in [-0.39, 0.29) is 24.8 Å². The molecule has 10 nitrogen and oxygen atoms in total. The molecule has 0 aromatic heterocycles. The van der Waals surface area contributed by atoms with E-state index >= 15 is 0 Å². The Kier molecular flexibility index (Phi) is 9.09. The normalized spacial score (nSPS) is 36.3. The standard InChI is InChI=1S/C37H47NO9/c1-20-24(47-33(44)29(41)27(22-13-9-7-10-14-22)38-32(43)23-15-11-8-12-16-23)19-37(46)21(2)30-35(5,45)18-17-25(39)36(30,6)31(42)28(40)26(20)34(37,3)4/h7-16,21,24-25,27-30,39-41,45-46H,17-19H2,1-6H3,(H,38,43)/t21?,24?,25?,27?,28?,29?,30?,35?,36-,37?/m1/s1. The Morgan fingerprint density at radius 1 is 0.957 bits per heavy atom. The second-order valence-corrected chi connectivity index (χ2v) is 14.7.